The summed E-state index contributed by atoms with van der Waals surface area (Å²) in [7, 11) is 0. The third-order valence-corrected chi connectivity index (χ3v) is 4.14. The summed E-state index contributed by atoms with van der Waals surface area (Å²) in [6.07, 6.45) is 4.00. The zero-order chi connectivity index (χ0) is 16.9. The number of rotatable bonds is 4. The van der Waals surface area contributed by atoms with Crippen LogP contribution in [0.3, 0.4) is 0 Å². The highest BCUT2D eigenvalue weighted by molar-refractivity contribution is 9.10. The molecule has 3 nitrogen and oxygen atoms in total. The fraction of sp³-hybridized carbons (Fsp3) is 0.0500. The van der Waals surface area contributed by atoms with Crippen LogP contribution in [0.15, 0.2) is 89.3 Å². The third kappa shape index (κ3) is 3.49. The van der Waals surface area contributed by atoms with Crippen LogP contribution in [-0.2, 0) is 9.53 Å². The fourth-order valence-corrected chi connectivity index (χ4v) is 2.82. The van der Waals surface area contributed by atoms with E-state index in [0.717, 1.165) is 27.7 Å². The van der Waals surface area contributed by atoms with Gasteiger partial charge >= 0.3 is 0 Å². The lowest BCUT2D eigenvalue weighted by atomic mass is 10.1. The van der Waals surface area contributed by atoms with E-state index in [1.807, 2.05) is 54.6 Å². The average molecular weight is 382 g/mol. The van der Waals surface area contributed by atoms with Crippen LogP contribution in [0.1, 0.15) is 5.56 Å². The number of ether oxygens (including phenoxy) is 1. The van der Waals surface area contributed by atoms with Gasteiger partial charge in [0.2, 0.25) is 0 Å². The van der Waals surface area contributed by atoms with Gasteiger partial charge in [-0.3, -0.25) is 4.79 Å². The first-order valence-electron chi connectivity index (χ1n) is 7.49. The van der Waals surface area contributed by atoms with Crippen LogP contribution < -0.4 is 4.90 Å². The van der Waals surface area contributed by atoms with Crippen molar-refractivity contribution in [2.75, 3.05) is 11.4 Å². The number of benzene rings is 2. The van der Waals surface area contributed by atoms with E-state index in [1.54, 1.807) is 6.08 Å². The van der Waals surface area contributed by atoms with Gasteiger partial charge in [-0.15, -0.1) is 0 Å². The Morgan fingerprint density at radius 2 is 1.79 bits per heavy atom. The van der Waals surface area contributed by atoms with Crippen molar-refractivity contribution in [2.24, 2.45) is 0 Å². The Balaban J connectivity index is 2.15. The van der Waals surface area contributed by atoms with Gasteiger partial charge in [-0.1, -0.05) is 52.8 Å². The monoisotopic (exact) mass is 381 g/mol. The molecule has 0 spiro atoms. The maximum atomic E-state index is 10.9. The largest absolute Gasteiger partial charge is 0.458 e. The Kier molecular flexibility index (Phi) is 4.96. The summed E-state index contributed by atoms with van der Waals surface area (Å²) < 4.78 is 6.93. The highest BCUT2D eigenvalue weighted by atomic mass is 79.9. The smallest absolute Gasteiger partial charge is 0.157 e. The third-order valence-electron chi connectivity index (χ3n) is 3.61. The van der Waals surface area contributed by atoms with Crippen molar-refractivity contribution in [3.05, 3.63) is 94.8 Å². The molecule has 0 aromatic heterocycles. The fourth-order valence-electron chi connectivity index (χ4n) is 2.56. The molecule has 0 N–H and O–H groups in total. The van der Waals surface area contributed by atoms with Crippen LogP contribution in [0.25, 0.3) is 5.76 Å². The molecule has 3 rings (SSSR count). The number of carbonyl (C=O) groups excluding carboxylic acids is 1. The van der Waals surface area contributed by atoms with E-state index in [2.05, 4.69) is 27.4 Å². The minimum Gasteiger partial charge on any atom is -0.458 e. The average Bonchev–Trinajstić information content (AvgIpc) is 2.61. The number of carbonyl (C=O) groups is 1. The van der Waals surface area contributed by atoms with Crippen LogP contribution in [0, 0.1) is 0 Å². The summed E-state index contributed by atoms with van der Waals surface area (Å²) in [5.41, 5.74) is 2.76. The molecule has 120 valence electrons. The molecule has 0 fully saturated rings. The molecule has 0 saturated heterocycles. The topological polar surface area (TPSA) is 29.5 Å². The van der Waals surface area contributed by atoms with Crippen LogP contribution >= 0.6 is 15.9 Å². The summed E-state index contributed by atoms with van der Waals surface area (Å²) in [5.74, 6) is 1.34. The lowest BCUT2D eigenvalue weighted by molar-refractivity contribution is -0.104. The quantitative estimate of drug-likeness (QED) is 0.555. The molecule has 0 atom stereocenters. The maximum absolute atomic E-state index is 10.9. The number of hydrogen-bond acceptors (Lipinski definition) is 3. The lowest BCUT2D eigenvalue weighted by Crippen LogP contribution is -2.30. The molecule has 2 aromatic rings. The van der Waals surface area contributed by atoms with Crippen molar-refractivity contribution in [2.45, 2.75) is 0 Å². The van der Waals surface area contributed by atoms with E-state index >= 15 is 0 Å². The van der Waals surface area contributed by atoms with E-state index < -0.39 is 0 Å². The van der Waals surface area contributed by atoms with Gasteiger partial charge in [0.25, 0.3) is 0 Å². The van der Waals surface area contributed by atoms with E-state index in [4.69, 9.17) is 4.74 Å². The molecule has 24 heavy (non-hydrogen) atoms. The van der Waals surface area contributed by atoms with Crippen LogP contribution in [-0.4, -0.2) is 12.8 Å². The predicted molar refractivity (Wildman–Crippen MR) is 100 cm³/mol. The summed E-state index contributed by atoms with van der Waals surface area (Å²) in [6, 6.07) is 17.8. The second-order valence-electron chi connectivity index (χ2n) is 5.28. The Morgan fingerprint density at radius 1 is 1.08 bits per heavy atom. The van der Waals surface area contributed by atoms with Crippen molar-refractivity contribution in [1.29, 1.82) is 0 Å². The van der Waals surface area contributed by atoms with Crippen molar-refractivity contribution >= 4 is 33.7 Å². The first-order chi connectivity index (χ1) is 11.7. The van der Waals surface area contributed by atoms with Crippen molar-refractivity contribution < 1.29 is 9.53 Å². The minimum atomic E-state index is 0.524. The molecule has 0 radical (unpaired) electrons. The van der Waals surface area contributed by atoms with Gasteiger partial charge in [0, 0.05) is 15.7 Å². The Morgan fingerprint density at radius 3 is 2.46 bits per heavy atom. The number of allylic oxidation sites excluding steroid dienone is 2. The Bertz CT molecular complexity index is 807. The molecule has 0 bridgehead atoms. The van der Waals surface area contributed by atoms with E-state index in [0.29, 0.717) is 18.1 Å². The van der Waals surface area contributed by atoms with Crippen molar-refractivity contribution in [3.8, 4) is 0 Å². The molecule has 4 heteroatoms. The molecule has 0 aliphatic carbocycles. The van der Waals surface area contributed by atoms with Gasteiger partial charge in [-0.25, -0.2) is 0 Å². The van der Waals surface area contributed by atoms with Crippen molar-refractivity contribution in [1.82, 2.24) is 0 Å². The molecule has 1 heterocycles. The number of anilines is 1. The normalized spacial score (nSPS) is 14.9. The van der Waals surface area contributed by atoms with Gasteiger partial charge in [0.1, 0.15) is 12.0 Å². The molecular weight excluding hydrogens is 366 g/mol. The van der Waals surface area contributed by atoms with Crippen molar-refractivity contribution in [3.63, 3.8) is 0 Å². The van der Waals surface area contributed by atoms with E-state index in [-0.39, 0.29) is 0 Å². The second-order valence-corrected chi connectivity index (χ2v) is 6.19. The van der Waals surface area contributed by atoms with Gasteiger partial charge in [0.15, 0.2) is 5.76 Å². The molecule has 0 unspecified atom stereocenters. The first kappa shape index (κ1) is 16.3. The van der Waals surface area contributed by atoms with Crippen LogP contribution in [0.4, 0.5) is 5.69 Å². The summed E-state index contributed by atoms with van der Waals surface area (Å²) in [4.78, 5) is 12.9. The first-order valence-corrected chi connectivity index (χ1v) is 8.28. The standard InChI is InChI=1S/C20H16BrNO2/c1-15-14-22(18-11-9-17(21)10-12-18)19(8-5-13-23)20(24-15)16-6-3-2-4-7-16/h2-13H,1,14H2/b8-5+. The van der Waals surface area contributed by atoms with Gasteiger partial charge in [-0.05, 0) is 36.4 Å². The number of aldehydes is 1. The molecule has 1 aliphatic rings. The van der Waals surface area contributed by atoms with Crippen LogP contribution in [0.5, 0.6) is 0 Å². The lowest BCUT2D eigenvalue weighted by Gasteiger charge is -2.33. The summed E-state index contributed by atoms with van der Waals surface area (Å²) >= 11 is 3.45. The maximum Gasteiger partial charge on any atom is 0.157 e. The number of hydrogen-bond donors (Lipinski definition) is 0. The summed E-state index contributed by atoms with van der Waals surface area (Å²) in [5, 5.41) is 0. The molecule has 1 aliphatic heterocycles. The zero-order valence-electron chi connectivity index (χ0n) is 13.0. The van der Waals surface area contributed by atoms with E-state index in [1.165, 1.54) is 6.08 Å². The van der Waals surface area contributed by atoms with Gasteiger partial charge in [-0.2, -0.15) is 0 Å². The van der Waals surface area contributed by atoms with Gasteiger partial charge in [0.05, 0.1) is 12.2 Å². The SMILES string of the molecule is C=C1CN(c2ccc(Br)cc2)C(/C=C/C=O)=C(c2ccccc2)O1. The van der Waals surface area contributed by atoms with E-state index in [9.17, 15) is 4.79 Å². The van der Waals surface area contributed by atoms with Gasteiger partial charge < -0.3 is 9.64 Å². The Hall–Kier alpha value is -2.59. The highest BCUT2D eigenvalue weighted by Crippen LogP contribution is 2.34. The summed E-state index contributed by atoms with van der Waals surface area (Å²) in [6.45, 7) is 4.52. The molecule has 2 aromatic carbocycles. The predicted octanol–water partition coefficient (Wildman–Crippen LogP) is 4.92. The number of halogens is 1. The molecule has 0 saturated carbocycles. The minimum absolute atomic E-state index is 0.524. The zero-order valence-corrected chi connectivity index (χ0v) is 14.6. The van der Waals surface area contributed by atoms with Crippen LogP contribution in [0.2, 0.25) is 0 Å². The highest BCUT2D eigenvalue weighted by Gasteiger charge is 2.24. The molecule has 0 amide bonds. The molecular formula is C20H16BrNO2. The Labute approximate surface area is 149 Å². The second kappa shape index (κ2) is 7.32. The number of nitrogens with zero attached hydrogens (tertiary/aromatic N) is 1.